The summed E-state index contributed by atoms with van der Waals surface area (Å²) in [5.41, 5.74) is 2.29. The molecule has 8 heteroatoms. The molecular formula is C23H23Cl2N5O. The van der Waals surface area contributed by atoms with Crippen LogP contribution in [0, 0.1) is 5.92 Å². The van der Waals surface area contributed by atoms with Crippen molar-refractivity contribution in [2.75, 3.05) is 24.5 Å². The van der Waals surface area contributed by atoms with E-state index in [9.17, 15) is 4.79 Å². The molecular weight excluding hydrogens is 433 g/mol. The van der Waals surface area contributed by atoms with E-state index in [0.717, 1.165) is 56.1 Å². The van der Waals surface area contributed by atoms with Crippen LogP contribution in [0.25, 0.3) is 5.82 Å². The smallest absolute Gasteiger partial charge is 0.226 e. The number of anilines is 1. The monoisotopic (exact) mass is 455 g/mol. The van der Waals surface area contributed by atoms with Gasteiger partial charge in [0.05, 0.1) is 10.0 Å². The van der Waals surface area contributed by atoms with Crippen molar-refractivity contribution in [3.63, 3.8) is 0 Å². The van der Waals surface area contributed by atoms with Crippen LogP contribution in [-0.4, -0.2) is 45.0 Å². The van der Waals surface area contributed by atoms with E-state index < -0.39 is 0 Å². The van der Waals surface area contributed by atoms with Gasteiger partial charge in [0, 0.05) is 50.6 Å². The Labute approximate surface area is 191 Å². The number of hydrogen-bond donors (Lipinski definition) is 0. The number of piperidine rings is 1. The Bertz CT molecular complexity index is 1090. The van der Waals surface area contributed by atoms with Crippen molar-refractivity contribution < 1.29 is 4.79 Å². The Morgan fingerprint density at radius 3 is 2.32 bits per heavy atom. The highest BCUT2D eigenvalue weighted by Gasteiger charge is 2.31. The number of carbonyl (C=O) groups excluding carboxylic acids is 1. The second-order valence-electron chi connectivity index (χ2n) is 8.13. The van der Waals surface area contributed by atoms with Gasteiger partial charge < -0.3 is 14.4 Å². The highest BCUT2D eigenvalue weighted by Crippen LogP contribution is 2.31. The van der Waals surface area contributed by atoms with Gasteiger partial charge in [0.2, 0.25) is 5.91 Å². The number of nitrogens with zero attached hydrogens (tertiary/aromatic N) is 5. The summed E-state index contributed by atoms with van der Waals surface area (Å²) in [6.45, 7) is 2.96. The van der Waals surface area contributed by atoms with Crippen LogP contribution in [0.2, 0.25) is 10.0 Å². The maximum atomic E-state index is 13.2. The molecule has 31 heavy (non-hydrogen) atoms. The van der Waals surface area contributed by atoms with E-state index in [1.54, 1.807) is 6.33 Å². The van der Waals surface area contributed by atoms with E-state index >= 15 is 0 Å². The molecule has 6 nitrogen and oxygen atoms in total. The van der Waals surface area contributed by atoms with Crippen LogP contribution in [0.3, 0.4) is 0 Å². The molecule has 2 aromatic heterocycles. The third kappa shape index (κ3) is 4.14. The lowest BCUT2D eigenvalue weighted by Gasteiger charge is -2.36. The zero-order valence-electron chi connectivity index (χ0n) is 17.0. The number of benzene rings is 1. The van der Waals surface area contributed by atoms with Crippen molar-refractivity contribution in [3.8, 4) is 5.82 Å². The number of amides is 1. The molecule has 3 aromatic rings. The average Bonchev–Trinajstić information content (AvgIpc) is 3.34. The van der Waals surface area contributed by atoms with Gasteiger partial charge in [-0.25, -0.2) is 9.97 Å². The molecule has 2 aliphatic rings. The summed E-state index contributed by atoms with van der Waals surface area (Å²) in [5.74, 6) is 2.04. The molecule has 0 spiro atoms. The van der Waals surface area contributed by atoms with Crippen LogP contribution in [0.4, 0.5) is 5.82 Å². The molecule has 0 saturated carbocycles. The predicted molar refractivity (Wildman–Crippen MR) is 122 cm³/mol. The zero-order valence-corrected chi connectivity index (χ0v) is 18.6. The van der Waals surface area contributed by atoms with Crippen LogP contribution in [0.15, 0.2) is 49.1 Å². The maximum absolute atomic E-state index is 13.2. The minimum Gasteiger partial charge on any atom is -0.356 e. The van der Waals surface area contributed by atoms with E-state index in [0.29, 0.717) is 16.6 Å². The minimum absolute atomic E-state index is 0.0475. The highest BCUT2D eigenvalue weighted by atomic mass is 35.5. The molecule has 0 radical (unpaired) electrons. The fourth-order valence-corrected chi connectivity index (χ4v) is 4.86. The van der Waals surface area contributed by atoms with Gasteiger partial charge in [-0.1, -0.05) is 23.2 Å². The third-order valence-corrected chi connectivity index (χ3v) is 6.96. The number of hydrogen-bond acceptors (Lipinski definition) is 4. The van der Waals surface area contributed by atoms with E-state index in [4.69, 9.17) is 23.2 Å². The van der Waals surface area contributed by atoms with Gasteiger partial charge >= 0.3 is 0 Å². The van der Waals surface area contributed by atoms with Crippen LogP contribution in [-0.2, 0) is 17.8 Å². The predicted octanol–water partition coefficient (Wildman–Crippen LogP) is 4.38. The second-order valence-corrected chi connectivity index (χ2v) is 8.95. The Morgan fingerprint density at radius 2 is 1.58 bits per heavy atom. The lowest BCUT2D eigenvalue weighted by atomic mass is 9.93. The van der Waals surface area contributed by atoms with Crippen molar-refractivity contribution in [1.29, 1.82) is 0 Å². The topological polar surface area (TPSA) is 54.3 Å². The molecule has 5 rings (SSSR count). The summed E-state index contributed by atoms with van der Waals surface area (Å²) in [6.07, 6.45) is 8.01. The van der Waals surface area contributed by atoms with Crippen LogP contribution >= 0.6 is 23.2 Å². The minimum atomic E-state index is 0.0475. The lowest BCUT2D eigenvalue weighted by molar-refractivity contribution is -0.137. The number of aromatic nitrogens is 3. The second kappa shape index (κ2) is 8.52. The fourth-order valence-electron chi connectivity index (χ4n) is 4.49. The number of carbonyl (C=O) groups is 1. The molecule has 0 unspecified atom stereocenters. The Kier molecular flexibility index (Phi) is 5.59. The van der Waals surface area contributed by atoms with Gasteiger partial charge in [-0.3, -0.25) is 4.79 Å². The molecule has 0 atom stereocenters. The molecule has 1 aromatic carbocycles. The molecule has 160 valence electrons. The van der Waals surface area contributed by atoms with Crippen molar-refractivity contribution in [2.24, 2.45) is 5.92 Å². The van der Waals surface area contributed by atoms with Gasteiger partial charge in [-0.05, 0) is 54.7 Å². The maximum Gasteiger partial charge on any atom is 0.226 e. The molecule has 2 aliphatic heterocycles. The van der Waals surface area contributed by atoms with E-state index in [2.05, 4.69) is 14.9 Å². The normalized spacial score (nSPS) is 17.0. The molecule has 0 bridgehead atoms. The van der Waals surface area contributed by atoms with E-state index in [1.165, 1.54) is 5.56 Å². The average molecular weight is 456 g/mol. The van der Waals surface area contributed by atoms with Crippen molar-refractivity contribution in [2.45, 2.75) is 25.8 Å². The molecule has 1 amide bonds. The van der Waals surface area contributed by atoms with Crippen molar-refractivity contribution >= 4 is 34.9 Å². The SMILES string of the molecule is O=C(C1CCN(c2cc(-n3cccc3)ncn2)CC1)N1CCc2cc(Cl)c(Cl)cc2C1. The Balaban J connectivity index is 1.22. The quantitative estimate of drug-likeness (QED) is 0.587. The number of fused-ring (bicyclic) bond motifs is 1. The summed E-state index contributed by atoms with van der Waals surface area (Å²) in [5, 5.41) is 1.13. The summed E-state index contributed by atoms with van der Waals surface area (Å²) in [7, 11) is 0. The summed E-state index contributed by atoms with van der Waals surface area (Å²) in [4.78, 5) is 26.2. The largest absolute Gasteiger partial charge is 0.356 e. The molecule has 0 aliphatic carbocycles. The molecule has 4 heterocycles. The first kappa shape index (κ1) is 20.3. The summed E-state index contributed by atoms with van der Waals surface area (Å²) >= 11 is 12.3. The summed E-state index contributed by atoms with van der Waals surface area (Å²) in [6, 6.07) is 9.78. The lowest BCUT2D eigenvalue weighted by Crippen LogP contribution is -2.44. The third-order valence-electron chi connectivity index (χ3n) is 6.24. The van der Waals surface area contributed by atoms with Gasteiger partial charge in [0.25, 0.3) is 0 Å². The first-order chi connectivity index (χ1) is 15.1. The van der Waals surface area contributed by atoms with E-state index in [1.807, 2.05) is 52.2 Å². The van der Waals surface area contributed by atoms with Crippen molar-refractivity contribution in [1.82, 2.24) is 19.4 Å². The van der Waals surface area contributed by atoms with Gasteiger partial charge in [-0.2, -0.15) is 0 Å². The van der Waals surface area contributed by atoms with Crippen LogP contribution in [0.1, 0.15) is 24.0 Å². The first-order valence-electron chi connectivity index (χ1n) is 10.5. The Hall–Kier alpha value is -2.57. The standard InChI is InChI=1S/C23H23Cl2N5O/c24-19-11-17-5-10-30(14-18(17)12-20(19)25)23(31)16-3-8-29(9-4-16)22-13-21(26-15-27-22)28-6-1-2-7-28/h1-2,6-7,11-13,15-16H,3-5,8-10,14H2. The van der Waals surface area contributed by atoms with Gasteiger partial charge in [-0.15, -0.1) is 0 Å². The molecule has 0 N–H and O–H groups in total. The van der Waals surface area contributed by atoms with Gasteiger partial charge in [0.15, 0.2) is 0 Å². The number of halogens is 2. The highest BCUT2D eigenvalue weighted by molar-refractivity contribution is 6.42. The first-order valence-corrected chi connectivity index (χ1v) is 11.3. The van der Waals surface area contributed by atoms with Crippen LogP contribution < -0.4 is 4.90 Å². The zero-order chi connectivity index (χ0) is 21.4. The van der Waals surface area contributed by atoms with Crippen LogP contribution in [0.5, 0.6) is 0 Å². The molecule has 1 fully saturated rings. The van der Waals surface area contributed by atoms with E-state index in [-0.39, 0.29) is 11.8 Å². The molecule has 1 saturated heterocycles. The van der Waals surface area contributed by atoms with Gasteiger partial charge in [0.1, 0.15) is 18.0 Å². The summed E-state index contributed by atoms with van der Waals surface area (Å²) < 4.78 is 1.97. The fraction of sp³-hybridized carbons (Fsp3) is 0.348. The number of rotatable bonds is 3. The Morgan fingerprint density at radius 1 is 0.903 bits per heavy atom. The van der Waals surface area contributed by atoms with Crippen molar-refractivity contribution in [3.05, 3.63) is 70.2 Å².